The maximum Gasteiger partial charge on any atom is 0.225 e. The standard InChI is InChI=1S/C29H31F3N6O3S/c1-12-21(27-37-23-20(42-27)6-7-33-22(23)13-4-5-13)26(36-19-10-16(29(2,3)41)24(39)25(19)40)38-28(35-12)34-11-15-17(31)8-14(30)9-18(15)32/h6-9,13,16,19,24-25,39-41H,4-5,10-11H2,1-3H3,(H2,34,35,36,38). The molecule has 2 saturated carbocycles. The summed E-state index contributed by atoms with van der Waals surface area (Å²) in [7, 11) is 0. The molecule has 0 aliphatic heterocycles. The van der Waals surface area contributed by atoms with Gasteiger partial charge >= 0.3 is 0 Å². The summed E-state index contributed by atoms with van der Waals surface area (Å²) in [5, 5.41) is 38.8. The van der Waals surface area contributed by atoms with Crippen LogP contribution in [0.15, 0.2) is 24.4 Å². The van der Waals surface area contributed by atoms with Crippen LogP contribution in [0.2, 0.25) is 0 Å². The Morgan fingerprint density at radius 3 is 2.40 bits per heavy atom. The number of hydrogen-bond acceptors (Lipinski definition) is 10. The summed E-state index contributed by atoms with van der Waals surface area (Å²) in [5.41, 5.74) is 1.22. The number of aromatic nitrogens is 4. The Morgan fingerprint density at radius 1 is 1.05 bits per heavy atom. The molecular formula is C29H31F3N6O3S. The first-order valence-electron chi connectivity index (χ1n) is 13.8. The van der Waals surface area contributed by atoms with E-state index in [9.17, 15) is 28.5 Å². The lowest BCUT2D eigenvalue weighted by molar-refractivity contribution is -0.0601. The zero-order valence-corrected chi connectivity index (χ0v) is 24.0. The molecule has 13 heteroatoms. The van der Waals surface area contributed by atoms with Gasteiger partial charge in [0.15, 0.2) is 0 Å². The van der Waals surface area contributed by atoms with E-state index >= 15 is 0 Å². The van der Waals surface area contributed by atoms with E-state index in [2.05, 4.69) is 25.6 Å². The van der Waals surface area contributed by atoms with Crippen molar-refractivity contribution in [2.45, 2.75) is 76.3 Å². The maximum absolute atomic E-state index is 14.3. The predicted molar refractivity (Wildman–Crippen MR) is 153 cm³/mol. The molecule has 5 N–H and O–H groups in total. The van der Waals surface area contributed by atoms with Crippen molar-refractivity contribution in [1.82, 2.24) is 19.9 Å². The van der Waals surface area contributed by atoms with E-state index in [0.29, 0.717) is 34.3 Å². The number of aliphatic hydroxyl groups excluding tert-OH is 2. The van der Waals surface area contributed by atoms with Crippen molar-refractivity contribution in [2.75, 3.05) is 10.6 Å². The fourth-order valence-electron chi connectivity index (χ4n) is 5.61. The van der Waals surface area contributed by atoms with Crippen LogP contribution in [-0.4, -0.2) is 59.1 Å². The highest BCUT2D eigenvalue weighted by atomic mass is 32.1. The second-order valence-electron chi connectivity index (χ2n) is 11.6. The average Bonchev–Trinajstić information content (AvgIpc) is 3.59. The molecule has 4 aromatic rings. The minimum atomic E-state index is -1.24. The molecule has 9 nitrogen and oxygen atoms in total. The molecule has 2 aliphatic carbocycles. The summed E-state index contributed by atoms with van der Waals surface area (Å²) in [5.74, 6) is -2.99. The molecule has 3 aromatic heterocycles. The van der Waals surface area contributed by atoms with Crippen LogP contribution >= 0.6 is 11.3 Å². The second kappa shape index (κ2) is 10.7. The van der Waals surface area contributed by atoms with Gasteiger partial charge in [0.25, 0.3) is 0 Å². The van der Waals surface area contributed by atoms with Crippen molar-refractivity contribution >= 4 is 33.3 Å². The molecule has 222 valence electrons. The van der Waals surface area contributed by atoms with Gasteiger partial charge in [0.2, 0.25) is 5.95 Å². The van der Waals surface area contributed by atoms with Gasteiger partial charge in [-0.25, -0.2) is 23.1 Å². The summed E-state index contributed by atoms with van der Waals surface area (Å²) < 4.78 is 42.9. The zero-order chi connectivity index (χ0) is 29.9. The first-order valence-corrected chi connectivity index (χ1v) is 14.6. The monoisotopic (exact) mass is 600 g/mol. The van der Waals surface area contributed by atoms with Crippen molar-refractivity contribution in [2.24, 2.45) is 5.92 Å². The molecule has 4 atom stereocenters. The quantitative estimate of drug-likeness (QED) is 0.196. The Labute approximate surface area is 243 Å². The highest BCUT2D eigenvalue weighted by Crippen LogP contribution is 2.45. The lowest BCUT2D eigenvalue weighted by Gasteiger charge is -2.28. The Bertz CT molecular complexity index is 1630. The van der Waals surface area contributed by atoms with Crippen LogP contribution in [0.4, 0.5) is 24.9 Å². The number of hydrogen-bond donors (Lipinski definition) is 5. The number of benzene rings is 1. The zero-order valence-electron chi connectivity index (χ0n) is 23.2. The molecule has 0 saturated heterocycles. The van der Waals surface area contributed by atoms with E-state index in [1.54, 1.807) is 27.0 Å². The van der Waals surface area contributed by atoms with Crippen LogP contribution in [0.1, 0.15) is 56.0 Å². The third-order valence-corrected chi connectivity index (χ3v) is 9.08. The molecule has 2 aliphatic rings. The smallest absolute Gasteiger partial charge is 0.225 e. The number of aliphatic hydroxyl groups is 3. The van der Waals surface area contributed by atoms with Crippen LogP contribution in [0.5, 0.6) is 0 Å². The number of fused-ring (bicyclic) bond motifs is 1. The normalized spacial score (nSPS) is 22.6. The molecule has 6 rings (SSSR count). The first-order chi connectivity index (χ1) is 19.9. The molecule has 0 amide bonds. The number of rotatable bonds is 8. The van der Waals surface area contributed by atoms with Crippen LogP contribution in [0.3, 0.4) is 0 Å². The van der Waals surface area contributed by atoms with Gasteiger partial charge in [-0.2, -0.15) is 4.98 Å². The molecule has 42 heavy (non-hydrogen) atoms. The molecule has 2 fully saturated rings. The van der Waals surface area contributed by atoms with E-state index < -0.39 is 47.2 Å². The molecule has 3 heterocycles. The molecule has 1 aromatic carbocycles. The van der Waals surface area contributed by atoms with E-state index in [4.69, 9.17) is 4.98 Å². The SMILES string of the molecule is Cc1nc(NCc2c(F)cc(F)cc2F)nc(NC2CC(C(C)(C)O)C(O)C2O)c1-c1nc2c(C3CC3)nccc2s1. The molecule has 0 bridgehead atoms. The van der Waals surface area contributed by atoms with E-state index in [0.717, 1.165) is 28.8 Å². The minimum absolute atomic E-state index is 0.0374. The van der Waals surface area contributed by atoms with Crippen molar-refractivity contribution in [3.05, 3.63) is 58.8 Å². The number of pyridine rings is 1. The van der Waals surface area contributed by atoms with Gasteiger partial charge in [-0.3, -0.25) is 4.98 Å². The lowest BCUT2D eigenvalue weighted by Crippen LogP contribution is -2.40. The van der Waals surface area contributed by atoms with Crippen LogP contribution < -0.4 is 10.6 Å². The topological polar surface area (TPSA) is 136 Å². The predicted octanol–water partition coefficient (Wildman–Crippen LogP) is 4.66. The first kappa shape index (κ1) is 28.7. The fourth-order valence-corrected chi connectivity index (χ4v) is 6.68. The average molecular weight is 601 g/mol. The van der Waals surface area contributed by atoms with Crippen LogP contribution in [0, 0.1) is 30.3 Å². The van der Waals surface area contributed by atoms with Crippen LogP contribution in [-0.2, 0) is 6.54 Å². The Balaban J connectivity index is 1.39. The van der Waals surface area contributed by atoms with Gasteiger partial charge in [-0.1, -0.05) is 0 Å². The number of anilines is 2. The van der Waals surface area contributed by atoms with Crippen molar-refractivity contribution in [3.63, 3.8) is 0 Å². The van der Waals surface area contributed by atoms with Gasteiger partial charge in [0, 0.05) is 42.3 Å². The third kappa shape index (κ3) is 5.41. The number of thiazole rings is 1. The number of nitrogens with zero attached hydrogens (tertiary/aromatic N) is 4. The maximum atomic E-state index is 14.3. The van der Waals surface area contributed by atoms with Gasteiger partial charge in [-0.15, -0.1) is 11.3 Å². The molecule has 0 radical (unpaired) electrons. The number of nitrogens with one attached hydrogen (secondary N) is 2. The second-order valence-corrected chi connectivity index (χ2v) is 12.7. The van der Waals surface area contributed by atoms with Crippen LogP contribution in [0.25, 0.3) is 20.8 Å². The highest BCUT2D eigenvalue weighted by Gasteiger charge is 2.48. The summed E-state index contributed by atoms with van der Waals surface area (Å²) in [6.45, 7) is 4.56. The summed E-state index contributed by atoms with van der Waals surface area (Å²) in [6.07, 6.45) is 1.77. The Hall–Kier alpha value is -3.39. The number of aryl methyl sites for hydroxylation is 1. The highest BCUT2D eigenvalue weighted by molar-refractivity contribution is 7.21. The van der Waals surface area contributed by atoms with Crippen molar-refractivity contribution in [3.8, 4) is 10.6 Å². The Kier molecular flexibility index (Phi) is 7.32. The Morgan fingerprint density at radius 2 is 1.76 bits per heavy atom. The molecule has 4 unspecified atom stereocenters. The van der Waals surface area contributed by atoms with Gasteiger partial charge < -0.3 is 26.0 Å². The largest absolute Gasteiger partial charge is 0.390 e. The fraction of sp³-hybridized carbons (Fsp3) is 0.448. The summed E-state index contributed by atoms with van der Waals surface area (Å²) >= 11 is 1.45. The van der Waals surface area contributed by atoms with E-state index in [-0.39, 0.29) is 30.3 Å². The van der Waals surface area contributed by atoms with Crippen molar-refractivity contribution in [1.29, 1.82) is 0 Å². The van der Waals surface area contributed by atoms with Gasteiger partial charge in [0.05, 0.1) is 39.4 Å². The van der Waals surface area contributed by atoms with E-state index in [1.807, 2.05) is 6.07 Å². The lowest BCUT2D eigenvalue weighted by atomic mass is 9.88. The minimum Gasteiger partial charge on any atom is -0.390 e. The molecular weight excluding hydrogens is 569 g/mol. The summed E-state index contributed by atoms with van der Waals surface area (Å²) in [4.78, 5) is 18.6. The third-order valence-electron chi connectivity index (χ3n) is 8.04. The van der Waals surface area contributed by atoms with Gasteiger partial charge in [-0.05, 0) is 46.1 Å². The molecule has 0 spiro atoms. The van der Waals surface area contributed by atoms with E-state index in [1.165, 1.54) is 11.3 Å². The van der Waals surface area contributed by atoms with Crippen molar-refractivity contribution < 1.29 is 28.5 Å². The number of halogens is 3. The summed E-state index contributed by atoms with van der Waals surface area (Å²) in [6, 6.07) is 2.43. The van der Waals surface area contributed by atoms with Gasteiger partial charge in [0.1, 0.15) is 39.9 Å².